The fourth-order valence-corrected chi connectivity index (χ4v) is 4.69. The number of urea groups is 1. The van der Waals surface area contributed by atoms with E-state index in [1.165, 1.54) is 32.3 Å². The molecule has 1 aliphatic rings. The second kappa shape index (κ2) is 7.60. The zero-order chi connectivity index (χ0) is 21.6. The number of imide groups is 1. The summed E-state index contributed by atoms with van der Waals surface area (Å²) in [6, 6.07) is 10.2. The van der Waals surface area contributed by atoms with Crippen molar-refractivity contribution in [3.8, 4) is 0 Å². The first-order valence-corrected chi connectivity index (χ1v) is 10.8. The topological polar surface area (TPSA) is 86.8 Å². The Bertz CT molecular complexity index is 1100. The molecule has 2 aromatic carbocycles. The van der Waals surface area contributed by atoms with Crippen LogP contribution in [0.5, 0.6) is 0 Å². The molecule has 1 fully saturated rings. The number of sulfonamides is 1. The number of rotatable bonds is 5. The molecule has 1 saturated heterocycles. The van der Waals surface area contributed by atoms with Crippen LogP contribution in [0.4, 0.5) is 4.79 Å². The molecule has 0 spiro atoms. The molecule has 0 bridgehead atoms. The molecule has 1 aliphatic heterocycles. The van der Waals surface area contributed by atoms with Crippen LogP contribution in [-0.4, -0.2) is 43.7 Å². The SMILES string of the molecule is CN(C)S(=O)(=O)c1cccc(CN2C(=O)NC(C)(c3ccc(Cl)cc3Cl)C2=O)c1. The summed E-state index contributed by atoms with van der Waals surface area (Å²) >= 11 is 12.2. The van der Waals surface area contributed by atoms with Crippen molar-refractivity contribution in [1.82, 2.24) is 14.5 Å². The minimum atomic E-state index is -3.64. The summed E-state index contributed by atoms with van der Waals surface area (Å²) in [6.07, 6.45) is 0. The molecule has 10 heteroatoms. The number of carbonyl (C=O) groups is 2. The molecule has 0 aliphatic carbocycles. The number of nitrogens with one attached hydrogen (secondary N) is 1. The Balaban J connectivity index is 1.92. The van der Waals surface area contributed by atoms with Gasteiger partial charge in [0.25, 0.3) is 5.91 Å². The number of halogens is 2. The summed E-state index contributed by atoms with van der Waals surface area (Å²) in [6.45, 7) is 1.48. The smallest absolute Gasteiger partial charge is 0.319 e. The van der Waals surface area contributed by atoms with Crippen molar-refractivity contribution in [2.75, 3.05) is 14.1 Å². The molecule has 1 heterocycles. The van der Waals surface area contributed by atoms with Gasteiger partial charge in [0.05, 0.1) is 11.4 Å². The Morgan fingerprint density at radius 2 is 1.79 bits per heavy atom. The maximum absolute atomic E-state index is 13.1. The second-order valence-corrected chi connectivity index (χ2v) is 10.0. The normalized spacial score (nSPS) is 19.7. The molecule has 1 N–H and O–H groups in total. The molecule has 0 aromatic heterocycles. The maximum Gasteiger partial charge on any atom is 0.325 e. The third kappa shape index (κ3) is 3.85. The fraction of sp³-hybridized carbons (Fsp3) is 0.263. The predicted octanol–water partition coefficient (Wildman–Crippen LogP) is 3.21. The molecule has 2 aromatic rings. The Kier molecular flexibility index (Phi) is 5.66. The Labute approximate surface area is 179 Å². The Morgan fingerprint density at radius 3 is 2.41 bits per heavy atom. The molecule has 3 rings (SSSR count). The van der Waals surface area contributed by atoms with Gasteiger partial charge in [-0.25, -0.2) is 17.5 Å². The Hall–Kier alpha value is -2.13. The van der Waals surface area contributed by atoms with Gasteiger partial charge in [-0.3, -0.25) is 9.69 Å². The van der Waals surface area contributed by atoms with Gasteiger partial charge in [-0.2, -0.15) is 0 Å². The number of hydrogen-bond donors (Lipinski definition) is 1. The second-order valence-electron chi connectivity index (χ2n) is 7.01. The van der Waals surface area contributed by atoms with Crippen LogP contribution in [0.15, 0.2) is 47.4 Å². The van der Waals surface area contributed by atoms with Crippen LogP contribution < -0.4 is 5.32 Å². The van der Waals surface area contributed by atoms with Crippen LogP contribution in [0, 0.1) is 0 Å². The van der Waals surface area contributed by atoms with Gasteiger partial charge in [0.2, 0.25) is 10.0 Å². The number of nitrogens with zero attached hydrogens (tertiary/aromatic N) is 2. The zero-order valence-corrected chi connectivity index (χ0v) is 18.3. The van der Waals surface area contributed by atoms with Gasteiger partial charge < -0.3 is 5.32 Å². The monoisotopic (exact) mass is 455 g/mol. The van der Waals surface area contributed by atoms with Crippen LogP contribution >= 0.6 is 23.2 Å². The number of carbonyl (C=O) groups excluding carboxylic acids is 2. The highest BCUT2D eigenvalue weighted by atomic mass is 35.5. The lowest BCUT2D eigenvalue weighted by atomic mass is 9.92. The standard InChI is InChI=1S/C19H19Cl2N3O4S/c1-19(15-8-7-13(20)10-16(15)21)17(25)24(18(26)22-19)11-12-5-4-6-14(9-12)29(27,28)23(2)3/h4-10H,11H2,1-3H3,(H,22,26). The molecule has 1 unspecified atom stereocenters. The van der Waals surface area contributed by atoms with Crippen LogP contribution in [0.1, 0.15) is 18.1 Å². The third-order valence-electron chi connectivity index (χ3n) is 4.76. The van der Waals surface area contributed by atoms with E-state index in [9.17, 15) is 18.0 Å². The van der Waals surface area contributed by atoms with Gasteiger partial charge in [-0.15, -0.1) is 0 Å². The molecule has 7 nitrogen and oxygen atoms in total. The van der Waals surface area contributed by atoms with Gasteiger partial charge in [-0.1, -0.05) is 41.4 Å². The van der Waals surface area contributed by atoms with Gasteiger partial charge >= 0.3 is 6.03 Å². The molecule has 3 amide bonds. The van der Waals surface area contributed by atoms with Crippen molar-refractivity contribution in [2.24, 2.45) is 0 Å². The van der Waals surface area contributed by atoms with Crippen molar-refractivity contribution < 1.29 is 18.0 Å². The van der Waals surface area contributed by atoms with E-state index in [1.54, 1.807) is 31.2 Å². The average Bonchev–Trinajstić information content (AvgIpc) is 2.85. The minimum absolute atomic E-state index is 0.0792. The minimum Gasteiger partial charge on any atom is -0.319 e. The largest absolute Gasteiger partial charge is 0.325 e. The predicted molar refractivity (Wildman–Crippen MR) is 110 cm³/mol. The highest BCUT2D eigenvalue weighted by molar-refractivity contribution is 7.89. The first-order chi connectivity index (χ1) is 13.5. The average molecular weight is 456 g/mol. The lowest BCUT2D eigenvalue weighted by Gasteiger charge is -2.23. The highest BCUT2D eigenvalue weighted by Gasteiger charge is 2.49. The summed E-state index contributed by atoms with van der Waals surface area (Å²) in [5.74, 6) is -0.493. The molecule has 0 saturated carbocycles. The van der Waals surface area contributed by atoms with E-state index in [4.69, 9.17) is 23.2 Å². The molecular formula is C19H19Cl2N3O4S. The van der Waals surface area contributed by atoms with E-state index >= 15 is 0 Å². The van der Waals surface area contributed by atoms with Crippen molar-refractivity contribution >= 4 is 45.2 Å². The maximum atomic E-state index is 13.1. The summed E-state index contributed by atoms with van der Waals surface area (Å²) in [5.41, 5.74) is -0.428. The summed E-state index contributed by atoms with van der Waals surface area (Å²) in [4.78, 5) is 26.8. The van der Waals surface area contributed by atoms with Gasteiger partial charge in [0, 0.05) is 29.7 Å². The third-order valence-corrected chi connectivity index (χ3v) is 7.12. The molecule has 0 radical (unpaired) electrons. The van der Waals surface area contributed by atoms with E-state index in [2.05, 4.69) is 5.32 Å². The van der Waals surface area contributed by atoms with Crippen molar-refractivity contribution in [3.63, 3.8) is 0 Å². The lowest BCUT2D eigenvalue weighted by molar-refractivity contribution is -0.131. The molecule has 29 heavy (non-hydrogen) atoms. The van der Waals surface area contributed by atoms with Gasteiger partial charge in [0.1, 0.15) is 5.54 Å². The van der Waals surface area contributed by atoms with Crippen molar-refractivity contribution in [1.29, 1.82) is 0 Å². The summed E-state index contributed by atoms with van der Waals surface area (Å²) < 4.78 is 25.8. The molecular weight excluding hydrogens is 437 g/mol. The van der Waals surface area contributed by atoms with E-state index in [0.717, 1.165) is 9.21 Å². The zero-order valence-electron chi connectivity index (χ0n) is 15.9. The van der Waals surface area contributed by atoms with E-state index in [1.807, 2.05) is 0 Å². The number of benzene rings is 2. The quantitative estimate of drug-likeness (QED) is 0.701. The fourth-order valence-electron chi connectivity index (χ4n) is 3.12. The van der Waals surface area contributed by atoms with Gasteiger partial charge in [0.15, 0.2) is 0 Å². The first kappa shape index (κ1) is 21.6. The lowest BCUT2D eigenvalue weighted by Crippen LogP contribution is -2.41. The van der Waals surface area contributed by atoms with Crippen LogP contribution in [0.2, 0.25) is 10.0 Å². The van der Waals surface area contributed by atoms with E-state index < -0.39 is 27.5 Å². The highest BCUT2D eigenvalue weighted by Crippen LogP contribution is 2.35. The first-order valence-electron chi connectivity index (χ1n) is 8.58. The Morgan fingerprint density at radius 1 is 1.10 bits per heavy atom. The number of amides is 3. The van der Waals surface area contributed by atoms with E-state index in [0.29, 0.717) is 16.1 Å². The van der Waals surface area contributed by atoms with Crippen LogP contribution in [0.25, 0.3) is 0 Å². The van der Waals surface area contributed by atoms with Gasteiger partial charge in [-0.05, 0) is 36.8 Å². The summed E-state index contributed by atoms with van der Waals surface area (Å²) in [5, 5.41) is 3.34. The van der Waals surface area contributed by atoms with Crippen LogP contribution in [-0.2, 0) is 26.9 Å². The van der Waals surface area contributed by atoms with Crippen molar-refractivity contribution in [2.45, 2.75) is 23.9 Å². The van der Waals surface area contributed by atoms with Crippen molar-refractivity contribution in [3.05, 3.63) is 63.6 Å². The molecule has 154 valence electrons. The van der Waals surface area contributed by atoms with E-state index in [-0.39, 0.29) is 16.5 Å². The molecule has 1 atom stereocenters. The number of hydrogen-bond acceptors (Lipinski definition) is 4. The summed E-state index contributed by atoms with van der Waals surface area (Å²) in [7, 11) is -0.774. The van der Waals surface area contributed by atoms with Crippen LogP contribution in [0.3, 0.4) is 0 Å².